The third-order valence-electron chi connectivity index (χ3n) is 6.15. The molecule has 2 heterocycles. The van der Waals surface area contributed by atoms with E-state index in [-0.39, 0.29) is 17.2 Å². The fraction of sp³-hybridized carbons (Fsp3) is 0.138. The van der Waals surface area contributed by atoms with Crippen LogP contribution in [0.4, 0.5) is 5.69 Å². The number of phenolic OH excluding ortho intramolecular Hbond substituents is 1. The first-order valence-corrected chi connectivity index (χ1v) is 14.5. The van der Waals surface area contributed by atoms with Crippen LogP contribution in [0.25, 0.3) is 6.08 Å². The van der Waals surface area contributed by atoms with Crippen LogP contribution in [-0.2, 0) is 4.79 Å². The predicted molar refractivity (Wildman–Crippen MR) is 160 cm³/mol. The predicted octanol–water partition coefficient (Wildman–Crippen LogP) is 5.50. The molecule has 0 unspecified atom stereocenters. The molecule has 7 nitrogen and oxygen atoms in total. The van der Waals surface area contributed by atoms with Crippen LogP contribution < -0.4 is 24.9 Å². The van der Waals surface area contributed by atoms with Crippen LogP contribution in [-0.4, -0.2) is 22.2 Å². The van der Waals surface area contributed by atoms with E-state index in [1.807, 2.05) is 49.4 Å². The third-order valence-corrected chi connectivity index (χ3v) is 8.19. The lowest BCUT2D eigenvalue weighted by molar-refractivity contribution is -0.113. The molecule has 0 aliphatic carbocycles. The summed E-state index contributed by atoms with van der Waals surface area (Å²) >= 11 is 7.98. The van der Waals surface area contributed by atoms with Crippen molar-refractivity contribution in [1.29, 1.82) is 0 Å². The van der Waals surface area contributed by atoms with Crippen molar-refractivity contribution >= 4 is 60.9 Å². The summed E-state index contributed by atoms with van der Waals surface area (Å²) in [5.74, 6) is 0.371. The molecule has 2 N–H and O–H groups in total. The molecule has 1 aromatic heterocycles. The molecule has 1 atom stereocenters. The second-order valence-electron chi connectivity index (χ2n) is 8.73. The Kier molecular flexibility index (Phi) is 7.88. The molecule has 0 spiro atoms. The average Bonchev–Trinajstić information content (AvgIpc) is 3.21. The number of thiazole rings is 1. The van der Waals surface area contributed by atoms with Gasteiger partial charge in [-0.25, -0.2) is 4.99 Å². The van der Waals surface area contributed by atoms with Gasteiger partial charge in [0.25, 0.3) is 11.5 Å². The second-order valence-corrected chi connectivity index (χ2v) is 11.5. The van der Waals surface area contributed by atoms with Crippen LogP contribution in [0.15, 0.2) is 96.7 Å². The molecule has 3 aromatic carbocycles. The molecular weight excluding hydrogens is 646 g/mol. The Bertz CT molecular complexity index is 1780. The first-order valence-electron chi connectivity index (χ1n) is 12.1. The van der Waals surface area contributed by atoms with Crippen LogP contribution in [0, 0.1) is 0 Å². The summed E-state index contributed by atoms with van der Waals surface area (Å²) < 4.78 is 8.77. The number of benzene rings is 3. The Labute approximate surface area is 245 Å². The molecular formula is C29H23Br2N3O4S. The molecule has 0 radical (unpaired) electrons. The number of rotatable bonds is 6. The van der Waals surface area contributed by atoms with Crippen molar-refractivity contribution in [2.45, 2.75) is 19.9 Å². The number of amides is 1. The van der Waals surface area contributed by atoms with E-state index >= 15 is 0 Å². The monoisotopic (exact) mass is 667 g/mol. The lowest BCUT2D eigenvalue weighted by Crippen LogP contribution is -2.40. The first kappa shape index (κ1) is 27.1. The average molecular weight is 669 g/mol. The number of ether oxygens (including phenoxy) is 1. The van der Waals surface area contributed by atoms with Gasteiger partial charge in [-0.05, 0) is 77.8 Å². The summed E-state index contributed by atoms with van der Waals surface area (Å²) in [5.41, 5.74) is 2.42. The highest BCUT2D eigenvalue weighted by Crippen LogP contribution is 2.33. The number of hydrogen-bond donors (Lipinski definition) is 2. The summed E-state index contributed by atoms with van der Waals surface area (Å²) in [5, 5.41) is 13.5. The van der Waals surface area contributed by atoms with Gasteiger partial charge >= 0.3 is 0 Å². The number of nitrogens with one attached hydrogen (secondary N) is 1. The van der Waals surface area contributed by atoms with Crippen LogP contribution in [0.3, 0.4) is 0 Å². The SMILES string of the molecule is CCOc1ccc([C@@H]2C(C(=O)Nc3ccccc3)=C(C)N=c3s/c(=C\c4cc(Br)cc(Br)c4O)c(=O)n32)cc1. The van der Waals surface area contributed by atoms with Gasteiger partial charge < -0.3 is 15.2 Å². The number of aromatic hydroxyl groups is 1. The quantitative estimate of drug-likeness (QED) is 0.284. The van der Waals surface area contributed by atoms with E-state index in [0.717, 1.165) is 10.0 Å². The fourth-order valence-electron chi connectivity index (χ4n) is 4.40. The number of fused-ring (bicyclic) bond motifs is 1. The van der Waals surface area contributed by atoms with Gasteiger partial charge in [0.2, 0.25) is 0 Å². The van der Waals surface area contributed by atoms with Gasteiger partial charge in [0, 0.05) is 15.7 Å². The molecule has 1 aliphatic heterocycles. The number of hydrogen-bond acceptors (Lipinski definition) is 6. The minimum absolute atomic E-state index is 0.0196. The van der Waals surface area contributed by atoms with Crippen molar-refractivity contribution < 1.29 is 14.6 Å². The number of carbonyl (C=O) groups is 1. The van der Waals surface area contributed by atoms with Crippen molar-refractivity contribution in [3.63, 3.8) is 0 Å². The van der Waals surface area contributed by atoms with E-state index in [1.165, 1.54) is 11.3 Å². The maximum Gasteiger partial charge on any atom is 0.271 e. The zero-order valence-corrected chi connectivity index (χ0v) is 24.9. The van der Waals surface area contributed by atoms with Crippen LogP contribution >= 0.6 is 43.2 Å². The number of halogens is 2. The summed E-state index contributed by atoms with van der Waals surface area (Å²) in [4.78, 5) is 32.7. The van der Waals surface area contributed by atoms with Gasteiger partial charge in [-0.15, -0.1) is 0 Å². The number of aromatic nitrogens is 1. The Balaban J connectivity index is 1.68. The molecule has 1 amide bonds. The maximum atomic E-state index is 13.9. The molecule has 0 fully saturated rings. The van der Waals surface area contributed by atoms with Gasteiger partial charge in [0.15, 0.2) is 4.80 Å². The number of carbonyl (C=O) groups excluding carboxylic acids is 1. The van der Waals surface area contributed by atoms with Crippen LogP contribution in [0.5, 0.6) is 11.5 Å². The highest BCUT2D eigenvalue weighted by Gasteiger charge is 2.32. The molecule has 198 valence electrons. The number of allylic oxidation sites excluding steroid dienone is 1. The molecule has 5 rings (SSSR count). The number of nitrogens with zero attached hydrogens (tertiary/aromatic N) is 2. The van der Waals surface area contributed by atoms with Gasteiger partial charge in [-0.2, -0.15) is 0 Å². The van der Waals surface area contributed by atoms with Crippen molar-refractivity contribution in [3.05, 3.63) is 118 Å². The molecule has 0 bridgehead atoms. The van der Waals surface area contributed by atoms with E-state index in [4.69, 9.17) is 4.74 Å². The summed E-state index contributed by atoms with van der Waals surface area (Å²) in [6, 6.07) is 19.3. The van der Waals surface area contributed by atoms with E-state index in [1.54, 1.807) is 41.8 Å². The van der Waals surface area contributed by atoms with Crippen LogP contribution in [0.2, 0.25) is 0 Å². The van der Waals surface area contributed by atoms with E-state index in [9.17, 15) is 14.7 Å². The minimum atomic E-state index is -0.717. The van der Waals surface area contributed by atoms with Gasteiger partial charge in [-0.3, -0.25) is 14.2 Å². The zero-order valence-electron chi connectivity index (χ0n) is 20.9. The molecule has 10 heteroatoms. The Hall–Kier alpha value is -3.47. The molecule has 39 heavy (non-hydrogen) atoms. The summed E-state index contributed by atoms with van der Waals surface area (Å²) in [6.07, 6.45) is 1.63. The standard InChI is InChI=1S/C29H23Br2N3O4S/c1-3-38-21-11-9-17(10-12-21)25-24(27(36)33-20-7-5-4-6-8-20)16(2)32-29-34(25)28(37)23(39-29)14-18-13-19(30)15-22(31)26(18)35/h4-15,25,35H,3H2,1-2H3,(H,33,36)/b23-14-/t25-/m1/s1. The maximum absolute atomic E-state index is 13.9. The van der Waals surface area contributed by atoms with E-state index in [2.05, 4.69) is 42.2 Å². The Morgan fingerprint density at radius 2 is 1.87 bits per heavy atom. The molecule has 0 saturated heterocycles. The van der Waals surface area contributed by atoms with Crippen LogP contribution in [0.1, 0.15) is 31.0 Å². The molecule has 4 aromatic rings. The first-order chi connectivity index (χ1) is 18.8. The van der Waals surface area contributed by atoms with Crippen molar-refractivity contribution in [1.82, 2.24) is 4.57 Å². The summed E-state index contributed by atoms with van der Waals surface area (Å²) in [7, 11) is 0. The van der Waals surface area contributed by atoms with Gasteiger partial charge in [0.05, 0.1) is 32.9 Å². The van der Waals surface area contributed by atoms with Crippen molar-refractivity contribution in [3.8, 4) is 11.5 Å². The van der Waals surface area contributed by atoms with Crippen molar-refractivity contribution in [2.75, 3.05) is 11.9 Å². The van der Waals surface area contributed by atoms with Gasteiger partial charge in [0.1, 0.15) is 11.5 Å². The zero-order chi connectivity index (χ0) is 27.7. The number of phenols is 1. The lowest BCUT2D eigenvalue weighted by atomic mass is 9.95. The minimum Gasteiger partial charge on any atom is -0.506 e. The Morgan fingerprint density at radius 1 is 1.15 bits per heavy atom. The van der Waals surface area contributed by atoms with E-state index < -0.39 is 6.04 Å². The highest BCUT2D eigenvalue weighted by atomic mass is 79.9. The summed E-state index contributed by atoms with van der Waals surface area (Å²) in [6.45, 7) is 4.21. The molecule has 1 aliphatic rings. The van der Waals surface area contributed by atoms with Gasteiger partial charge in [-0.1, -0.05) is 57.6 Å². The van der Waals surface area contributed by atoms with Crippen molar-refractivity contribution in [2.24, 2.45) is 4.99 Å². The second kappa shape index (κ2) is 11.3. The lowest BCUT2D eigenvalue weighted by Gasteiger charge is -2.25. The van der Waals surface area contributed by atoms with E-state index in [0.29, 0.717) is 48.7 Å². The fourth-order valence-corrected chi connectivity index (χ4v) is 6.69. The number of anilines is 1. The normalized spacial score (nSPS) is 15.1. The third kappa shape index (κ3) is 5.50. The molecule has 0 saturated carbocycles. The highest BCUT2D eigenvalue weighted by molar-refractivity contribution is 9.11. The number of para-hydroxylation sites is 1. The topological polar surface area (TPSA) is 92.9 Å². The smallest absolute Gasteiger partial charge is 0.271 e. The largest absolute Gasteiger partial charge is 0.506 e. The Morgan fingerprint density at radius 3 is 2.56 bits per heavy atom.